The highest BCUT2D eigenvalue weighted by molar-refractivity contribution is 6.77. The van der Waals surface area contributed by atoms with Crippen molar-refractivity contribution in [3.8, 4) is 0 Å². The molecule has 0 radical (unpaired) electrons. The van der Waals surface area contributed by atoms with Crippen LogP contribution < -0.4 is 0 Å². The average molecular weight is 1060 g/mol. The van der Waals surface area contributed by atoms with E-state index in [1.807, 2.05) is 31.2 Å². The first-order valence-electron chi connectivity index (χ1n) is 28.1. The third kappa shape index (κ3) is 13.7. The summed E-state index contributed by atoms with van der Waals surface area (Å²) in [6.07, 6.45) is 16.7. The van der Waals surface area contributed by atoms with Gasteiger partial charge in [-0.3, -0.25) is 0 Å². The van der Waals surface area contributed by atoms with Crippen LogP contribution in [-0.2, 0) is 53.3 Å². The van der Waals surface area contributed by atoms with Gasteiger partial charge in [0.15, 0.2) is 20.0 Å². The molecule has 2 aromatic rings. The minimum absolute atomic E-state index is 0.00185. The van der Waals surface area contributed by atoms with Gasteiger partial charge in [0, 0.05) is 50.7 Å². The fraction of sp³-hybridized carbons (Fsp3) is 0.724. The number of oxazole rings is 2. The molecule has 4 saturated heterocycles. The molecule has 0 N–H and O–H groups in total. The maximum atomic E-state index is 13.8. The Morgan fingerprint density at radius 3 is 2.22 bits per heavy atom. The largest absolute Gasteiger partial charge is 0.458 e. The number of carbonyl (C=O) groups excluding carboxylic acids is 2. The van der Waals surface area contributed by atoms with E-state index in [2.05, 4.69) is 82.7 Å². The number of rotatable bonds is 16. The van der Waals surface area contributed by atoms with Gasteiger partial charge >= 0.3 is 5.97 Å². The number of methoxy groups -OCH3 is 1. The van der Waals surface area contributed by atoms with Gasteiger partial charge in [0.2, 0.25) is 14.2 Å². The summed E-state index contributed by atoms with van der Waals surface area (Å²) in [5, 5.41) is 0. The molecule has 14 nitrogen and oxygen atoms in total. The highest BCUT2D eigenvalue weighted by Crippen LogP contribution is 2.47. The van der Waals surface area contributed by atoms with Gasteiger partial charge in [0.1, 0.15) is 48.5 Å². The van der Waals surface area contributed by atoms with Crippen molar-refractivity contribution >= 4 is 41.0 Å². The molecular weight excluding hydrogens is 973 g/mol. The van der Waals surface area contributed by atoms with Crippen molar-refractivity contribution in [1.82, 2.24) is 9.97 Å². The van der Waals surface area contributed by atoms with Gasteiger partial charge in [-0.1, -0.05) is 100 Å². The number of aldehydes is 1. The standard InChI is InChI=1S/C58H90N2O12Si2/c1-15-73(16-2,17-3)72-58(31-48(63-14)29-49(33-61)70-58)32-54-59-43(34-64-54)26-40(11)56-42(13)57-41(12)51(68-56)21-19-22-53-60-50(35-65-53)52-30-47(71-74(36(4)5,37(6)7)38(8)9)28-46(67-52)27-45-25-39(10)24-44(66-45)20-18-23-55(62)69-57/h18-19,22-23,26,33-38,41-42,44-49,51-52,56-57H,10,15-17,20-21,24-25,27-32H2,1-9,11-14H3/b22-19+,23-18-,40-26+/t41-,42-,44-,45+,46+,47-,48+,49+,51+,52+,56-,57-,58+/m0/s1. The van der Waals surface area contributed by atoms with Crippen LogP contribution in [0.2, 0.25) is 34.8 Å². The molecule has 7 heterocycles. The molecule has 0 amide bonds. The van der Waals surface area contributed by atoms with Crippen molar-refractivity contribution in [2.24, 2.45) is 11.8 Å². The highest BCUT2D eigenvalue weighted by Gasteiger charge is 2.51. The number of esters is 1. The van der Waals surface area contributed by atoms with E-state index in [0.717, 1.165) is 60.5 Å². The zero-order chi connectivity index (χ0) is 53.5. The first-order valence-corrected chi connectivity index (χ1v) is 32.7. The molecule has 2 aromatic heterocycles. The zero-order valence-electron chi connectivity index (χ0n) is 47.0. The molecule has 5 aliphatic heterocycles. The Bertz CT molecular complexity index is 2240. The molecular formula is C58H90N2O12Si2. The summed E-state index contributed by atoms with van der Waals surface area (Å²) in [5.41, 5.74) is 4.75. The molecule has 0 spiro atoms. The Morgan fingerprint density at radius 2 is 1.54 bits per heavy atom. The van der Waals surface area contributed by atoms with Crippen molar-refractivity contribution in [2.45, 2.75) is 249 Å². The van der Waals surface area contributed by atoms with Crippen molar-refractivity contribution in [3.63, 3.8) is 0 Å². The lowest BCUT2D eigenvalue weighted by Crippen LogP contribution is -2.56. The van der Waals surface area contributed by atoms with Crippen LogP contribution in [0.5, 0.6) is 0 Å². The molecule has 412 valence electrons. The second kappa shape index (κ2) is 25.4. The van der Waals surface area contributed by atoms with Crippen molar-refractivity contribution in [1.29, 1.82) is 0 Å². The fourth-order valence-corrected chi connectivity index (χ4v) is 21.8. The predicted octanol–water partition coefficient (Wildman–Crippen LogP) is 13.0. The highest BCUT2D eigenvalue weighted by atomic mass is 28.4. The van der Waals surface area contributed by atoms with E-state index in [1.54, 1.807) is 25.7 Å². The van der Waals surface area contributed by atoms with Crippen LogP contribution in [-0.4, -0.2) is 107 Å². The summed E-state index contributed by atoms with van der Waals surface area (Å²) >= 11 is 0. The van der Waals surface area contributed by atoms with Crippen LogP contribution >= 0.6 is 0 Å². The third-order valence-electron chi connectivity index (χ3n) is 17.2. The quantitative estimate of drug-likeness (QED) is 0.0676. The van der Waals surface area contributed by atoms with Gasteiger partial charge in [-0.15, -0.1) is 0 Å². The minimum atomic E-state index is -2.23. The Balaban J connectivity index is 1.15. The molecule has 4 fully saturated rings. The van der Waals surface area contributed by atoms with Crippen LogP contribution in [0.25, 0.3) is 12.2 Å². The van der Waals surface area contributed by atoms with Gasteiger partial charge in [0.05, 0.1) is 49.1 Å². The van der Waals surface area contributed by atoms with Crippen molar-refractivity contribution in [3.05, 3.63) is 71.6 Å². The van der Waals surface area contributed by atoms with Crippen LogP contribution in [0.1, 0.15) is 170 Å². The van der Waals surface area contributed by atoms with E-state index in [-0.39, 0.29) is 61.0 Å². The molecule has 13 atom stereocenters. The number of aromatic nitrogens is 2. The summed E-state index contributed by atoms with van der Waals surface area (Å²) < 4.78 is 66.3. The van der Waals surface area contributed by atoms with Gasteiger partial charge in [0.25, 0.3) is 0 Å². The van der Waals surface area contributed by atoms with Gasteiger partial charge in [-0.05, 0) is 91.5 Å². The van der Waals surface area contributed by atoms with Crippen molar-refractivity contribution in [2.75, 3.05) is 7.11 Å². The monoisotopic (exact) mass is 1060 g/mol. The van der Waals surface area contributed by atoms with E-state index in [0.29, 0.717) is 72.6 Å². The van der Waals surface area contributed by atoms with E-state index in [1.165, 1.54) is 0 Å². The van der Waals surface area contributed by atoms with Crippen LogP contribution in [0.15, 0.2) is 57.3 Å². The lowest BCUT2D eigenvalue weighted by Gasteiger charge is -2.47. The molecule has 8 bridgehead atoms. The van der Waals surface area contributed by atoms with Crippen LogP contribution in [0, 0.1) is 11.8 Å². The number of hydrogen-bond donors (Lipinski definition) is 0. The molecule has 0 unspecified atom stereocenters. The Kier molecular flexibility index (Phi) is 20.1. The second-order valence-corrected chi connectivity index (χ2v) is 33.3. The topological polar surface area (TPSA) is 160 Å². The molecule has 16 heteroatoms. The number of hydrogen-bond acceptors (Lipinski definition) is 14. The normalized spacial score (nSPS) is 33.8. The molecule has 7 rings (SSSR count). The molecule has 0 aromatic carbocycles. The maximum Gasteiger partial charge on any atom is 0.330 e. The zero-order valence-corrected chi connectivity index (χ0v) is 49.0. The summed E-state index contributed by atoms with van der Waals surface area (Å²) in [4.78, 5) is 36.0. The summed E-state index contributed by atoms with van der Waals surface area (Å²) in [6, 6.07) is 2.73. The van der Waals surface area contributed by atoms with Crippen LogP contribution in [0.4, 0.5) is 0 Å². The van der Waals surface area contributed by atoms with Gasteiger partial charge < -0.3 is 50.9 Å². The molecule has 74 heavy (non-hydrogen) atoms. The first-order chi connectivity index (χ1) is 35.3. The van der Waals surface area contributed by atoms with Gasteiger partial charge in [-0.2, -0.15) is 0 Å². The Labute approximate surface area is 444 Å². The van der Waals surface area contributed by atoms with E-state index in [4.69, 9.17) is 56.1 Å². The number of carbonyl (C=O) groups is 2. The fourth-order valence-electron chi connectivity index (χ4n) is 13.3. The lowest BCUT2D eigenvalue weighted by atomic mass is 9.79. The lowest BCUT2D eigenvalue weighted by molar-refractivity contribution is -0.257. The van der Waals surface area contributed by atoms with E-state index >= 15 is 0 Å². The second-order valence-electron chi connectivity index (χ2n) is 23.2. The SMILES string of the molecule is C=C1C[C@@H]2C[C@@H]3C[C@H](O[Si](C(C)C)(C(C)C)C(C)C)C[C@@H](O3)c3coc(n3)/C=C/C[C@H]3O[C@@H](/C(C)=C/c4coc(C[C@]5(O[Si](CC)(CC)CC)C[C@H](OC)C[C@H](C=O)O5)n4)[C@H](C)[C@@H](OC(=O)/C=C\C[C@@H](C1)O2)[C@H]3C. The summed E-state index contributed by atoms with van der Waals surface area (Å²) in [6.45, 7) is 31.1. The Morgan fingerprint density at radius 1 is 0.838 bits per heavy atom. The number of nitrogens with zero attached hydrogens (tertiary/aromatic N) is 2. The molecule has 0 aliphatic carbocycles. The first kappa shape index (κ1) is 58.4. The predicted molar refractivity (Wildman–Crippen MR) is 291 cm³/mol. The summed E-state index contributed by atoms with van der Waals surface area (Å²) in [5.74, 6) is -0.964. The van der Waals surface area contributed by atoms with Crippen molar-refractivity contribution < 1.29 is 55.7 Å². The average Bonchev–Trinajstić information content (AvgIpc) is 4.02. The maximum absolute atomic E-state index is 13.8. The molecule has 0 saturated carbocycles. The molecule has 5 aliphatic rings. The third-order valence-corrected chi connectivity index (χ3v) is 28.1. The van der Waals surface area contributed by atoms with Gasteiger partial charge in [-0.25, -0.2) is 14.8 Å². The van der Waals surface area contributed by atoms with Crippen LogP contribution in [0.3, 0.4) is 0 Å². The number of fused-ring (bicyclic) bond motifs is 9. The minimum Gasteiger partial charge on any atom is -0.458 e. The van der Waals surface area contributed by atoms with E-state index < -0.39 is 46.7 Å². The number of ether oxygens (including phenoxy) is 6. The Hall–Kier alpha value is -3.33. The summed E-state index contributed by atoms with van der Waals surface area (Å²) in [7, 11) is -2.78. The smallest absolute Gasteiger partial charge is 0.330 e. The van der Waals surface area contributed by atoms with E-state index in [9.17, 15) is 9.59 Å².